The van der Waals surface area contributed by atoms with E-state index in [9.17, 15) is 4.79 Å². The number of fused-ring (bicyclic) bond motifs is 1. The van der Waals surface area contributed by atoms with Crippen molar-refractivity contribution in [2.45, 2.75) is 46.6 Å². The van der Waals surface area contributed by atoms with Gasteiger partial charge in [0.1, 0.15) is 0 Å². The maximum Gasteiger partial charge on any atom is 0.164 e. The van der Waals surface area contributed by atoms with Crippen LogP contribution in [0.25, 0.3) is 0 Å². The summed E-state index contributed by atoms with van der Waals surface area (Å²) in [7, 11) is 0. The Morgan fingerprint density at radius 3 is 2.89 bits per heavy atom. The molecule has 0 saturated carbocycles. The van der Waals surface area contributed by atoms with E-state index in [2.05, 4.69) is 25.3 Å². The van der Waals surface area contributed by atoms with Crippen molar-refractivity contribution in [1.29, 1.82) is 0 Å². The van der Waals surface area contributed by atoms with Crippen LogP contribution in [0.5, 0.6) is 0 Å². The first-order valence-electron chi connectivity index (χ1n) is 6.89. The largest absolute Gasteiger partial charge is 0.379 e. The number of hydrogen-bond donors (Lipinski definition) is 0. The van der Waals surface area contributed by atoms with Crippen molar-refractivity contribution in [1.82, 2.24) is 4.57 Å². The summed E-state index contributed by atoms with van der Waals surface area (Å²) >= 11 is 0. The lowest BCUT2D eigenvalue weighted by Crippen LogP contribution is -2.16. The van der Waals surface area contributed by atoms with Crippen LogP contribution in [-0.4, -0.2) is 23.6 Å². The minimum absolute atomic E-state index is 0.307. The highest BCUT2D eigenvalue weighted by Gasteiger charge is 2.22. The average Bonchev–Trinajstić information content (AvgIpc) is 2.63. The van der Waals surface area contributed by atoms with Gasteiger partial charge in [-0.3, -0.25) is 4.79 Å². The van der Waals surface area contributed by atoms with E-state index in [0.717, 1.165) is 38.2 Å². The van der Waals surface area contributed by atoms with Crippen LogP contribution in [0.4, 0.5) is 0 Å². The van der Waals surface area contributed by atoms with Gasteiger partial charge < -0.3 is 9.30 Å². The predicted molar refractivity (Wildman–Crippen MR) is 72.1 cm³/mol. The lowest BCUT2D eigenvalue weighted by atomic mass is 9.97. The monoisotopic (exact) mass is 249 g/mol. The molecule has 1 aromatic heterocycles. The number of carbonyl (C=O) groups is 1. The van der Waals surface area contributed by atoms with Crippen LogP contribution < -0.4 is 0 Å². The Balaban J connectivity index is 2.02. The molecule has 18 heavy (non-hydrogen) atoms. The van der Waals surface area contributed by atoms with Crippen LogP contribution in [0.15, 0.2) is 6.07 Å². The molecule has 1 aliphatic rings. The van der Waals surface area contributed by atoms with Crippen LogP contribution in [0, 0.1) is 12.8 Å². The lowest BCUT2D eigenvalue weighted by Gasteiger charge is -2.16. The Bertz CT molecular complexity index is 432. The van der Waals surface area contributed by atoms with Crippen molar-refractivity contribution in [2.24, 2.45) is 5.92 Å². The standard InChI is InChI=1S/C15H23NO2/c1-11(2)10-18-8-7-16-12(3)9-13-14(16)5-4-6-15(13)17/h9,11H,4-8,10H2,1-3H3. The molecule has 0 N–H and O–H groups in total. The number of hydrogen-bond acceptors (Lipinski definition) is 2. The quantitative estimate of drug-likeness (QED) is 0.751. The summed E-state index contributed by atoms with van der Waals surface area (Å²) in [6.45, 7) is 8.79. The van der Waals surface area contributed by atoms with Gasteiger partial charge in [0, 0.05) is 36.5 Å². The zero-order valence-electron chi connectivity index (χ0n) is 11.7. The second-order valence-corrected chi connectivity index (χ2v) is 5.54. The van der Waals surface area contributed by atoms with E-state index in [1.165, 1.54) is 11.4 Å². The number of ether oxygens (including phenoxy) is 1. The minimum Gasteiger partial charge on any atom is -0.379 e. The number of aryl methyl sites for hydroxylation is 1. The lowest BCUT2D eigenvalue weighted by molar-refractivity contribution is 0.0964. The molecule has 100 valence electrons. The normalized spacial score (nSPS) is 15.2. The molecule has 2 rings (SSSR count). The van der Waals surface area contributed by atoms with Crippen LogP contribution >= 0.6 is 0 Å². The SMILES string of the molecule is Cc1cc2c(n1CCOCC(C)C)CCCC2=O. The minimum atomic E-state index is 0.307. The smallest absolute Gasteiger partial charge is 0.164 e. The zero-order valence-corrected chi connectivity index (χ0v) is 11.7. The number of aromatic nitrogens is 1. The van der Waals surface area contributed by atoms with Crippen molar-refractivity contribution >= 4 is 5.78 Å². The Morgan fingerprint density at radius 2 is 2.17 bits per heavy atom. The van der Waals surface area contributed by atoms with Gasteiger partial charge in [-0.1, -0.05) is 13.8 Å². The van der Waals surface area contributed by atoms with Gasteiger partial charge in [0.2, 0.25) is 0 Å². The summed E-state index contributed by atoms with van der Waals surface area (Å²) in [5.74, 6) is 0.882. The van der Waals surface area contributed by atoms with E-state index in [1.54, 1.807) is 0 Å². The molecule has 0 amide bonds. The Kier molecular flexibility index (Phi) is 4.23. The van der Waals surface area contributed by atoms with E-state index in [4.69, 9.17) is 4.74 Å². The third-order valence-corrected chi connectivity index (χ3v) is 3.44. The van der Waals surface area contributed by atoms with Crippen LogP contribution in [0.3, 0.4) is 0 Å². The molecule has 0 fully saturated rings. The van der Waals surface area contributed by atoms with Crippen molar-refractivity contribution in [3.63, 3.8) is 0 Å². The molecular formula is C15H23NO2. The molecule has 0 bridgehead atoms. The van der Waals surface area contributed by atoms with Gasteiger partial charge in [-0.05, 0) is 31.7 Å². The molecule has 1 aromatic rings. The van der Waals surface area contributed by atoms with Gasteiger partial charge in [0.15, 0.2) is 5.78 Å². The summed E-state index contributed by atoms with van der Waals surface area (Å²) in [6.07, 6.45) is 2.72. The molecule has 3 nitrogen and oxygen atoms in total. The molecule has 0 aliphatic heterocycles. The maximum absolute atomic E-state index is 11.8. The highest BCUT2D eigenvalue weighted by molar-refractivity contribution is 5.98. The molecule has 0 radical (unpaired) electrons. The molecule has 0 spiro atoms. The van der Waals surface area contributed by atoms with Gasteiger partial charge in [0.05, 0.1) is 6.61 Å². The Hall–Kier alpha value is -1.09. The van der Waals surface area contributed by atoms with E-state index in [-0.39, 0.29) is 0 Å². The third-order valence-electron chi connectivity index (χ3n) is 3.44. The number of carbonyl (C=O) groups excluding carboxylic acids is 1. The van der Waals surface area contributed by atoms with Crippen molar-refractivity contribution in [2.75, 3.05) is 13.2 Å². The average molecular weight is 249 g/mol. The Labute approximate surface area is 109 Å². The van der Waals surface area contributed by atoms with Gasteiger partial charge in [0.25, 0.3) is 0 Å². The predicted octanol–water partition coefficient (Wildman–Crippen LogP) is 2.99. The fourth-order valence-corrected chi connectivity index (χ4v) is 2.58. The summed E-state index contributed by atoms with van der Waals surface area (Å²) in [5.41, 5.74) is 3.35. The third kappa shape index (κ3) is 2.83. The molecule has 0 atom stereocenters. The maximum atomic E-state index is 11.8. The summed E-state index contributed by atoms with van der Waals surface area (Å²) in [5, 5.41) is 0. The van der Waals surface area contributed by atoms with Crippen molar-refractivity contribution in [3.8, 4) is 0 Å². The van der Waals surface area contributed by atoms with Gasteiger partial charge in [-0.2, -0.15) is 0 Å². The molecule has 0 aromatic carbocycles. The number of ketones is 1. The van der Waals surface area contributed by atoms with Gasteiger partial charge in [-0.15, -0.1) is 0 Å². The topological polar surface area (TPSA) is 31.2 Å². The molecular weight excluding hydrogens is 226 g/mol. The summed E-state index contributed by atoms with van der Waals surface area (Å²) in [6, 6.07) is 2.04. The highest BCUT2D eigenvalue weighted by Crippen LogP contribution is 2.24. The van der Waals surface area contributed by atoms with Crippen LogP contribution in [-0.2, 0) is 17.7 Å². The number of rotatable bonds is 5. The number of Topliss-reactive ketones (excluding diaryl/α,β-unsaturated/α-hetero) is 1. The Morgan fingerprint density at radius 1 is 1.39 bits per heavy atom. The first-order valence-corrected chi connectivity index (χ1v) is 6.89. The van der Waals surface area contributed by atoms with E-state index in [1.807, 2.05) is 6.07 Å². The van der Waals surface area contributed by atoms with Crippen molar-refractivity contribution < 1.29 is 9.53 Å². The first-order chi connectivity index (χ1) is 8.59. The molecule has 1 heterocycles. The van der Waals surface area contributed by atoms with Gasteiger partial charge >= 0.3 is 0 Å². The van der Waals surface area contributed by atoms with E-state index in [0.29, 0.717) is 18.1 Å². The van der Waals surface area contributed by atoms with Crippen LogP contribution in [0.2, 0.25) is 0 Å². The fourth-order valence-electron chi connectivity index (χ4n) is 2.58. The molecule has 0 saturated heterocycles. The summed E-state index contributed by atoms with van der Waals surface area (Å²) < 4.78 is 7.89. The molecule has 1 aliphatic carbocycles. The molecule has 3 heteroatoms. The van der Waals surface area contributed by atoms with E-state index >= 15 is 0 Å². The highest BCUT2D eigenvalue weighted by atomic mass is 16.5. The first kappa shape index (κ1) is 13.3. The zero-order chi connectivity index (χ0) is 13.1. The van der Waals surface area contributed by atoms with Gasteiger partial charge in [-0.25, -0.2) is 0 Å². The van der Waals surface area contributed by atoms with E-state index < -0.39 is 0 Å². The van der Waals surface area contributed by atoms with Crippen molar-refractivity contribution in [3.05, 3.63) is 23.0 Å². The second kappa shape index (κ2) is 5.70. The number of nitrogens with zero attached hydrogens (tertiary/aromatic N) is 1. The van der Waals surface area contributed by atoms with Crippen LogP contribution in [0.1, 0.15) is 48.4 Å². The second-order valence-electron chi connectivity index (χ2n) is 5.54. The summed E-state index contributed by atoms with van der Waals surface area (Å²) in [4.78, 5) is 11.8. The molecule has 0 unspecified atom stereocenters. The fraction of sp³-hybridized carbons (Fsp3) is 0.667.